The van der Waals surface area contributed by atoms with E-state index >= 15 is 0 Å². The molecule has 1 aromatic carbocycles. The maximum absolute atomic E-state index is 12.2. The third kappa shape index (κ3) is 3.68. The van der Waals surface area contributed by atoms with E-state index in [2.05, 4.69) is 15.7 Å². The van der Waals surface area contributed by atoms with E-state index in [1.54, 1.807) is 35.0 Å². The lowest BCUT2D eigenvalue weighted by Gasteiger charge is -2.08. The van der Waals surface area contributed by atoms with E-state index in [0.29, 0.717) is 23.6 Å². The predicted molar refractivity (Wildman–Crippen MR) is 81.3 cm³/mol. The fourth-order valence-corrected chi connectivity index (χ4v) is 2.00. The van der Waals surface area contributed by atoms with E-state index in [1.165, 1.54) is 6.92 Å². The molecular formula is C15H18N4O2. The second-order valence-electron chi connectivity index (χ2n) is 4.70. The molecule has 2 N–H and O–H groups in total. The average Bonchev–Trinajstić information content (AvgIpc) is 2.82. The molecule has 110 valence electrons. The van der Waals surface area contributed by atoms with E-state index in [1.807, 2.05) is 13.8 Å². The molecule has 0 bridgehead atoms. The van der Waals surface area contributed by atoms with Crippen LogP contribution in [-0.2, 0) is 11.3 Å². The smallest absolute Gasteiger partial charge is 0.273 e. The lowest BCUT2D eigenvalue weighted by molar-refractivity contribution is -0.114. The standard InChI is InChI=1S/C15H18N4O2/c1-4-19-14(9-10(2)18-19)15(21)17-13-7-5-12(6-8-13)16-11(3)20/h5-9H,4H2,1-3H3,(H,16,20)(H,17,21). The van der Waals surface area contributed by atoms with Gasteiger partial charge in [-0.2, -0.15) is 5.10 Å². The Balaban J connectivity index is 2.10. The van der Waals surface area contributed by atoms with Crippen molar-refractivity contribution in [3.63, 3.8) is 0 Å². The van der Waals surface area contributed by atoms with Crippen LogP contribution in [0.15, 0.2) is 30.3 Å². The molecule has 2 rings (SSSR count). The number of nitrogens with zero attached hydrogens (tertiary/aromatic N) is 2. The lowest BCUT2D eigenvalue weighted by atomic mass is 10.2. The first-order valence-electron chi connectivity index (χ1n) is 6.73. The number of amides is 2. The summed E-state index contributed by atoms with van der Waals surface area (Å²) in [6.07, 6.45) is 0. The van der Waals surface area contributed by atoms with Crippen molar-refractivity contribution in [2.24, 2.45) is 0 Å². The molecular weight excluding hydrogens is 268 g/mol. The van der Waals surface area contributed by atoms with Gasteiger partial charge < -0.3 is 10.6 Å². The van der Waals surface area contributed by atoms with Crippen LogP contribution in [0.1, 0.15) is 30.0 Å². The first-order valence-corrected chi connectivity index (χ1v) is 6.73. The summed E-state index contributed by atoms with van der Waals surface area (Å²) in [5, 5.41) is 9.73. The van der Waals surface area contributed by atoms with Crippen LogP contribution in [-0.4, -0.2) is 21.6 Å². The van der Waals surface area contributed by atoms with Crippen LogP contribution in [0.2, 0.25) is 0 Å². The molecule has 0 atom stereocenters. The van der Waals surface area contributed by atoms with Crippen molar-refractivity contribution in [2.45, 2.75) is 27.3 Å². The zero-order valence-corrected chi connectivity index (χ0v) is 12.3. The number of anilines is 2. The second kappa shape index (κ2) is 6.21. The molecule has 1 heterocycles. The Morgan fingerprint density at radius 2 is 1.71 bits per heavy atom. The van der Waals surface area contributed by atoms with Crippen molar-refractivity contribution in [3.05, 3.63) is 41.7 Å². The summed E-state index contributed by atoms with van der Waals surface area (Å²) in [5.41, 5.74) is 2.69. The quantitative estimate of drug-likeness (QED) is 0.906. The Labute approximate surface area is 123 Å². The Hall–Kier alpha value is -2.63. The molecule has 1 aromatic heterocycles. The molecule has 0 radical (unpaired) electrons. The monoisotopic (exact) mass is 286 g/mol. The molecule has 0 fully saturated rings. The number of aryl methyl sites for hydroxylation is 2. The summed E-state index contributed by atoms with van der Waals surface area (Å²) in [6.45, 7) is 5.87. The maximum Gasteiger partial charge on any atom is 0.273 e. The number of carbonyl (C=O) groups is 2. The Morgan fingerprint density at radius 3 is 2.24 bits per heavy atom. The molecule has 0 aliphatic rings. The first kappa shape index (κ1) is 14.8. The van der Waals surface area contributed by atoms with E-state index in [-0.39, 0.29) is 11.8 Å². The number of rotatable bonds is 4. The summed E-state index contributed by atoms with van der Waals surface area (Å²) >= 11 is 0. The molecule has 2 aromatic rings. The second-order valence-corrected chi connectivity index (χ2v) is 4.70. The number of benzene rings is 1. The van der Waals surface area contributed by atoms with Crippen molar-refractivity contribution < 1.29 is 9.59 Å². The minimum absolute atomic E-state index is 0.130. The number of nitrogens with one attached hydrogen (secondary N) is 2. The van der Waals surface area contributed by atoms with Gasteiger partial charge in [-0.1, -0.05) is 0 Å². The van der Waals surface area contributed by atoms with Crippen molar-refractivity contribution in [3.8, 4) is 0 Å². The third-order valence-corrected chi connectivity index (χ3v) is 2.90. The van der Waals surface area contributed by atoms with Crippen LogP contribution in [0.3, 0.4) is 0 Å². The van der Waals surface area contributed by atoms with Gasteiger partial charge in [0.05, 0.1) is 5.69 Å². The van der Waals surface area contributed by atoms with Gasteiger partial charge >= 0.3 is 0 Å². The molecule has 0 saturated carbocycles. The molecule has 6 nitrogen and oxygen atoms in total. The fourth-order valence-electron chi connectivity index (χ4n) is 2.00. The highest BCUT2D eigenvalue weighted by Gasteiger charge is 2.13. The summed E-state index contributed by atoms with van der Waals surface area (Å²) in [6, 6.07) is 8.70. The molecule has 2 amide bonds. The molecule has 0 aliphatic heterocycles. The minimum atomic E-state index is -0.204. The SMILES string of the molecule is CCn1nc(C)cc1C(=O)Nc1ccc(NC(C)=O)cc1. The number of hydrogen-bond donors (Lipinski definition) is 2. The van der Waals surface area contributed by atoms with E-state index in [9.17, 15) is 9.59 Å². The molecule has 21 heavy (non-hydrogen) atoms. The van der Waals surface area contributed by atoms with Crippen molar-refractivity contribution in [1.29, 1.82) is 0 Å². The Morgan fingerprint density at radius 1 is 1.14 bits per heavy atom. The van der Waals surface area contributed by atoms with Crippen LogP contribution in [0.25, 0.3) is 0 Å². The van der Waals surface area contributed by atoms with Gasteiger partial charge in [0.1, 0.15) is 5.69 Å². The highest BCUT2D eigenvalue weighted by molar-refractivity contribution is 6.03. The topological polar surface area (TPSA) is 76.0 Å². The number of aromatic nitrogens is 2. The molecule has 0 unspecified atom stereocenters. The van der Waals surface area contributed by atoms with Crippen LogP contribution in [0.4, 0.5) is 11.4 Å². The highest BCUT2D eigenvalue weighted by atomic mass is 16.2. The van der Waals surface area contributed by atoms with Crippen LogP contribution in [0.5, 0.6) is 0 Å². The largest absolute Gasteiger partial charge is 0.326 e. The molecule has 0 aliphatic carbocycles. The van der Waals surface area contributed by atoms with Gasteiger partial charge in [0, 0.05) is 24.8 Å². The van der Waals surface area contributed by atoms with Gasteiger partial charge in [-0.3, -0.25) is 14.3 Å². The fraction of sp³-hybridized carbons (Fsp3) is 0.267. The first-order chi connectivity index (χ1) is 9.99. The summed E-state index contributed by atoms with van der Waals surface area (Å²) in [4.78, 5) is 23.2. The zero-order valence-electron chi connectivity index (χ0n) is 12.3. The summed E-state index contributed by atoms with van der Waals surface area (Å²) < 4.78 is 1.66. The normalized spacial score (nSPS) is 10.2. The average molecular weight is 286 g/mol. The molecule has 6 heteroatoms. The van der Waals surface area contributed by atoms with Gasteiger partial charge in [0.15, 0.2) is 0 Å². The zero-order chi connectivity index (χ0) is 15.4. The van der Waals surface area contributed by atoms with Crippen LogP contribution in [0, 0.1) is 6.92 Å². The number of hydrogen-bond acceptors (Lipinski definition) is 3. The van der Waals surface area contributed by atoms with Crippen LogP contribution >= 0.6 is 0 Å². The summed E-state index contributed by atoms with van der Waals surface area (Å²) in [5.74, 6) is -0.334. The molecule has 0 spiro atoms. The van der Waals surface area contributed by atoms with E-state index in [0.717, 1.165) is 5.69 Å². The highest BCUT2D eigenvalue weighted by Crippen LogP contribution is 2.15. The van der Waals surface area contributed by atoms with Crippen molar-refractivity contribution >= 4 is 23.2 Å². The van der Waals surface area contributed by atoms with Crippen LogP contribution < -0.4 is 10.6 Å². The Bertz CT molecular complexity index is 659. The Kier molecular flexibility index (Phi) is 4.37. The maximum atomic E-state index is 12.2. The van der Waals surface area contributed by atoms with Gasteiger partial charge in [-0.05, 0) is 44.2 Å². The van der Waals surface area contributed by atoms with Crippen molar-refractivity contribution in [1.82, 2.24) is 9.78 Å². The van der Waals surface area contributed by atoms with Gasteiger partial charge in [-0.25, -0.2) is 0 Å². The van der Waals surface area contributed by atoms with E-state index < -0.39 is 0 Å². The van der Waals surface area contributed by atoms with Crippen molar-refractivity contribution in [2.75, 3.05) is 10.6 Å². The minimum Gasteiger partial charge on any atom is -0.326 e. The number of carbonyl (C=O) groups excluding carboxylic acids is 2. The van der Waals surface area contributed by atoms with E-state index in [4.69, 9.17) is 0 Å². The summed E-state index contributed by atoms with van der Waals surface area (Å²) in [7, 11) is 0. The third-order valence-electron chi connectivity index (χ3n) is 2.90. The van der Waals surface area contributed by atoms with Gasteiger partial charge in [-0.15, -0.1) is 0 Å². The van der Waals surface area contributed by atoms with Gasteiger partial charge in [0.2, 0.25) is 5.91 Å². The molecule has 0 saturated heterocycles. The predicted octanol–water partition coefficient (Wildman–Crippen LogP) is 2.42. The van der Waals surface area contributed by atoms with Gasteiger partial charge in [0.25, 0.3) is 5.91 Å². The lowest BCUT2D eigenvalue weighted by Crippen LogP contribution is -2.17.